The monoisotopic (exact) mass is 785 g/mol. The van der Waals surface area contributed by atoms with Crippen LogP contribution in [-0.2, 0) is 22.6 Å². The maximum absolute atomic E-state index is 14.3. The third-order valence-electron chi connectivity index (χ3n) is 13.1. The van der Waals surface area contributed by atoms with Crippen LogP contribution in [0, 0.1) is 29.1 Å². The van der Waals surface area contributed by atoms with Crippen molar-refractivity contribution in [3.63, 3.8) is 0 Å². The lowest BCUT2D eigenvalue weighted by molar-refractivity contribution is -0.183. The molecule has 13 heteroatoms. The largest absolute Gasteiger partial charge is 0.496 e. The molecular formula is C44H59N5O8. The van der Waals surface area contributed by atoms with Gasteiger partial charge in [-0.05, 0) is 98.8 Å². The Kier molecular flexibility index (Phi) is 11.8. The van der Waals surface area contributed by atoms with Gasteiger partial charge in [-0.1, -0.05) is 51.1 Å². The van der Waals surface area contributed by atoms with Gasteiger partial charge in [-0.15, -0.1) is 0 Å². The standard InChI is InChI=1S/C44H59N5O8/c1-24-34-18-29(44(34,3)4)19-35(24)47-43(53)39-38(25(2)51)37(22-50)57-49(39)20-27-11-9-13-32(40(27)54-7)28-16-33(41-36(17-28)55-23-56-41)42(52)46-31(21-48(5)6)15-26-10-8-12-30(45)14-26/h8-14,16-17,24-25,29,31,34-35,37-39,50-51H,15,18-23,45H2,1-7H3,(H,46,52)(H,47,53)/t24-,25-,29+,31-,34-,35-,37-,38+,39-/m0/s1. The number of methoxy groups -OCH3 is 1. The first-order chi connectivity index (χ1) is 27.2. The summed E-state index contributed by atoms with van der Waals surface area (Å²) >= 11 is 0. The molecule has 57 heavy (non-hydrogen) atoms. The smallest absolute Gasteiger partial charge is 0.255 e. The minimum absolute atomic E-state index is 0.0181. The van der Waals surface area contributed by atoms with Crippen molar-refractivity contribution in [1.29, 1.82) is 0 Å². The number of hydrogen-bond donors (Lipinski definition) is 5. The van der Waals surface area contributed by atoms with E-state index in [0.29, 0.717) is 75.9 Å². The van der Waals surface area contributed by atoms with Crippen LogP contribution < -0.4 is 30.6 Å². The number of ether oxygens (including phenoxy) is 3. The fourth-order valence-electron chi connectivity index (χ4n) is 10.0. The molecule has 3 aliphatic carbocycles. The van der Waals surface area contributed by atoms with Crippen LogP contribution in [0.4, 0.5) is 5.69 Å². The molecule has 3 saturated carbocycles. The van der Waals surface area contributed by atoms with Gasteiger partial charge >= 0.3 is 0 Å². The molecule has 2 heterocycles. The highest BCUT2D eigenvalue weighted by molar-refractivity contribution is 6.00. The van der Waals surface area contributed by atoms with E-state index in [0.717, 1.165) is 12.0 Å². The fourth-order valence-corrected chi connectivity index (χ4v) is 10.0. The second-order valence-electron chi connectivity index (χ2n) is 17.4. The molecule has 0 unspecified atom stereocenters. The molecule has 4 fully saturated rings. The topological polar surface area (TPSA) is 168 Å². The van der Waals surface area contributed by atoms with Crippen molar-refractivity contribution in [2.75, 3.05) is 46.9 Å². The van der Waals surface area contributed by atoms with E-state index in [1.807, 2.05) is 67.5 Å². The van der Waals surface area contributed by atoms with Crippen LogP contribution in [-0.4, -0.2) is 103 Å². The van der Waals surface area contributed by atoms with Gasteiger partial charge in [0, 0.05) is 41.4 Å². The zero-order valence-corrected chi connectivity index (χ0v) is 34.2. The number of anilines is 1. The molecule has 0 aromatic heterocycles. The van der Waals surface area contributed by atoms with E-state index in [1.165, 1.54) is 6.42 Å². The van der Waals surface area contributed by atoms with E-state index in [9.17, 15) is 19.8 Å². The molecule has 2 bridgehead atoms. The van der Waals surface area contributed by atoms with Crippen molar-refractivity contribution >= 4 is 17.5 Å². The molecule has 2 amide bonds. The Bertz CT molecular complexity index is 1950. The molecule has 3 aromatic carbocycles. The molecule has 13 nitrogen and oxygen atoms in total. The van der Waals surface area contributed by atoms with Crippen molar-refractivity contribution in [3.05, 3.63) is 71.3 Å². The third kappa shape index (κ3) is 8.05. The number of hydroxylamine groups is 2. The zero-order valence-electron chi connectivity index (χ0n) is 34.2. The highest BCUT2D eigenvalue weighted by Gasteiger charge is 2.57. The highest BCUT2D eigenvalue weighted by Crippen LogP contribution is 2.61. The summed E-state index contributed by atoms with van der Waals surface area (Å²) in [6, 6.07) is 15.9. The van der Waals surface area contributed by atoms with Gasteiger partial charge in [0.1, 0.15) is 17.9 Å². The van der Waals surface area contributed by atoms with Crippen LogP contribution in [0.1, 0.15) is 62.0 Å². The van der Waals surface area contributed by atoms with Gasteiger partial charge in [0.25, 0.3) is 5.91 Å². The Morgan fingerprint density at radius 3 is 2.54 bits per heavy atom. The Balaban J connectivity index is 1.16. The average molecular weight is 786 g/mol. The van der Waals surface area contributed by atoms with Crippen molar-refractivity contribution < 1.29 is 38.9 Å². The average Bonchev–Trinajstić information content (AvgIpc) is 3.79. The number of carbonyl (C=O) groups excluding carboxylic acids is 2. The van der Waals surface area contributed by atoms with E-state index < -0.39 is 24.2 Å². The number of fused-ring (bicyclic) bond motifs is 3. The number of nitrogens with zero attached hydrogens (tertiary/aromatic N) is 2. The zero-order chi connectivity index (χ0) is 40.8. The summed E-state index contributed by atoms with van der Waals surface area (Å²) in [5, 5.41) is 29.5. The minimum atomic E-state index is -0.923. The Hall–Kier alpha value is -4.40. The fraction of sp³-hybridized carbons (Fsp3) is 0.545. The first-order valence-corrected chi connectivity index (χ1v) is 20.1. The molecule has 9 atom stereocenters. The van der Waals surface area contributed by atoms with Gasteiger partial charge in [0.05, 0.1) is 31.9 Å². The Morgan fingerprint density at radius 2 is 1.88 bits per heavy atom. The molecule has 0 spiro atoms. The van der Waals surface area contributed by atoms with E-state index in [4.69, 9.17) is 24.8 Å². The molecule has 5 aliphatic rings. The lowest BCUT2D eigenvalue weighted by Crippen LogP contribution is -2.62. The number of rotatable bonds is 14. The molecule has 8 rings (SSSR count). The van der Waals surface area contributed by atoms with Crippen LogP contribution in [0.3, 0.4) is 0 Å². The van der Waals surface area contributed by atoms with Gasteiger partial charge in [0.15, 0.2) is 11.5 Å². The van der Waals surface area contributed by atoms with E-state index in [1.54, 1.807) is 25.2 Å². The number of para-hydroxylation sites is 1. The predicted molar refractivity (Wildman–Crippen MR) is 216 cm³/mol. The highest BCUT2D eigenvalue weighted by atomic mass is 16.7. The van der Waals surface area contributed by atoms with Crippen molar-refractivity contribution in [1.82, 2.24) is 20.6 Å². The number of nitrogen functional groups attached to an aromatic ring is 1. The molecular weight excluding hydrogens is 727 g/mol. The molecule has 0 radical (unpaired) electrons. The third-order valence-corrected chi connectivity index (χ3v) is 13.1. The second kappa shape index (κ2) is 16.5. The lowest BCUT2D eigenvalue weighted by Gasteiger charge is -2.62. The van der Waals surface area contributed by atoms with Crippen molar-refractivity contribution in [2.24, 2.45) is 29.1 Å². The molecule has 3 aromatic rings. The number of hydrogen-bond acceptors (Lipinski definition) is 11. The first kappa shape index (κ1) is 40.8. The van der Waals surface area contributed by atoms with E-state index in [2.05, 4.69) is 31.4 Å². The number of nitrogens with one attached hydrogen (secondary N) is 2. The Morgan fingerprint density at radius 1 is 1.11 bits per heavy atom. The maximum atomic E-state index is 14.3. The number of aliphatic hydroxyl groups is 2. The van der Waals surface area contributed by atoms with Crippen LogP contribution in [0.5, 0.6) is 17.2 Å². The number of amides is 2. The van der Waals surface area contributed by atoms with Gasteiger partial charge in [-0.25, -0.2) is 0 Å². The normalized spacial score (nSPS) is 27.1. The number of benzene rings is 3. The quantitative estimate of drug-likeness (QED) is 0.148. The summed E-state index contributed by atoms with van der Waals surface area (Å²) in [5.41, 5.74) is 10.4. The first-order valence-electron chi connectivity index (χ1n) is 20.1. The molecule has 1 saturated heterocycles. The molecule has 6 N–H and O–H groups in total. The van der Waals surface area contributed by atoms with Crippen LogP contribution in [0.15, 0.2) is 54.6 Å². The summed E-state index contributed by atoms with van der Waals surface area (Å²) < 4.78 is 17.7. The molecule has 2 aliphatic heterocycles. The van der Waals surface area contributed by atoms with Crippen LogP contribution in [0.2, 0.25) is 0 Å². The maximum Gasteiger partial charge on any atom is 0.255 e. The summed E-state index contributed by atoms with van der Waals surface area (Å²) in [6.45, 7) is 8.86. The number of carbonyl (C=O) groups is 2. The minimum Gasteiger partial charge on any atom is -0.496 e. The molecule has 308 valence electrons. The lowest BCUT2D eigenvalue weighted by atomic mass is 9.45. The van der Waals surface area contributed by atoms with Gasteiger partial charge < -0.3 is 45.7 Å². The van der Waals surface area contributed by atoms with Gasteiger partial charge in [-0.2, -0.15) is 5.06 Å². The summed E-state index contributed by atoms with van der Waals surface area (Å²) in [7, 11) is 5.50. The summed E-state index contributed by atoms with van der Waals surface area (Å²) in [6.07, 6.45) is 0.976. The summed E-state index contributed by atoms with van der Waals surface area (Å²) in [5.74, 6) is 1.53. The van der Waals surface area contributed by atoms with Gasteiger partial charge in [0.2, 0.25) is 12.7 Å². The van der Waals surface area contributed by atoms with E-state index >= 15 is 0 Å². The summed E-state index contributed by atoms with van der Waals surface area (Å²) in [4.78, 5) is 36.7. The second-order valence-corrected chi connectivity index (χ2v) is 17.4. The van der Waals surface area contributed by atoms with Crippen molar-refractivity contribution in [3.8, 4) is 28.4 Å². The van der Waals surface area contributed by atoms with Crippen molar-refractivity contribution in [2.45, 2.75) is 83.8 Å². The predicted octanol–water partition coefficient (Wildman–Crippen LogP) is 4.24. The number of aliphatic hydroxyl groups excluding tert-OH is 2. The van der Waals surface area contributed by atoms with E-state index in [-0.39, 0.29) is 49.3 Å². The SMILES string of the molecule is COc1c(CN2O[C@@H](CO)[C@@H]([C@H](C)O)[C@H]2C(=O)N[C@H]2C[C@H]3C[C@@H]([C@@H]2C)C3(C)C)cccc1-c1cc2c(c(C(=O)N[C@@H](Cc3cccc(N)c3)CN(C)C)c1)OCO2. The Labute approximate surface area is 335 Å². The van der Waals surface area contributed by atoms with Crippen LogP contribution >= 0.6 is 0 Å². The van der Waals surface area contributed by atoms with Crippen LogP contribution in [0.25, 0.3) is 11.1 Å². The van der Waals surface area contributed by atoms with Gasteiger partial charge in [-0.3, -0.25) is 14.4 Å². The number of nitrogens with two attached hydrogens (primary N) is 1. The number of likely N-dealkylation sites (N-methyl/N-ethyl adjacent to an activating group) is 1.